The smallest absolute Gasteiger partial charge is 0.254 e. The second kappa shape index (κ2) is 9.28. The van der Waals surface area contributed by atoms with Gasteiger partial charge in [-0.3, -0.25) is 9.78 Å². The molecule has 2 aromatic rings. The summed E-state index contributed by atoms with van der Waals surface area (Å²) in [7, 11) is 4.50. The molecule has 2 rings (SSSR count). The normalized spacial score (nSPS) is 9.92. The second-order valence-electron chi connectivity index (χ2n) is 5.40. The Labute approximate surface area is 152 Å². The molecule has 1 heterocycles. The average molecular weight is 355 g/mol. The highest BCUT2D eigenvalue weighted by molar-refractivity contribution is 5.95. The van der Waals surface area contributed by atoms with E-state index in [1.165, 1.54) is 21.3 Å². The maximum absolute atomic E-state index is 13.0. The molecule has 7 heteroatoms. The summed E-state index contributed by atoms with van der Waals surface area (Å²) in [6.45, 7) is 0.689. The Hall–Kier alpha value is -3.27. The minimum atomic E-state index is -0.226. The number of pyridine rings is 1. The lowest BCUT2D eigenvalue weighted by Crippen LogP contribution is -2.31. The molecule has 0 saturated heterocycles. The van der Waals surface area contributed by atoms with Gasteiger partial charge in [-0.25, -0.2) is 0 Å². The summed E-state index contributed by atoms with van der Waals surface area (Å²) in [6, 6.07) is 8.96. The van der Waals surface area contributed by atoms with Gasteiger partial charge in [0.1, 0.15) is 0 Å². The van der Waals surface area contributed by atoms with Crippen LogP contribution in [0.4, 0.5) is 0 Å². The molecule has 0 N–H and O–H groups in total. The first-order valence-electron chi connectivity index (χ1n) is 7.99. The van der Waals surface area contributed by atoms with E-state index in [0.717, 1.165) is 5.56 Å². The number of rotatable bonds is 8. The van der Waals surface area contributed by atoms with Crippen molar-refractivity contribution in [3.63, 3.8) is 0 Å². The van der Waals surface area contributed by atoms with Crippen molar-refractivity contribution in [3.05, 3.63) is 47.8 Å². The number of aromatic nitrogens is 1. The molecule has 7 nitrogen and oxygen atoms in total. The topological polar surface area (TPSA) is 84.7 Å². The van der Waals surface area contributed by atoms with Gasteiger partial charge in [0, 0.05) is 31.0 Å². The molecule has 0 saturated carbocycles. The van der Waals surface area contributed by atoms with Crippen molar-refractivity contribution in [2.45, 2.75) is 13.0 Å². The molecule has 136 valence electrons. The highest BCUT2D eigenvalue weighted by atomic mass is 16.5. The van der Waals surface area contributed by atoms with Crippen LogP contribution in [-0.2, 0) is 6.54 Å². The first kappa shape index (κ1) is 19.1. The molecule has 0 bridgehead atoms. The first-order valence-corrected chi connectivity index (χ1v) is 7.99. The fraction of sp³-hybridized carbons (Fsp3) is 0.316. The number of hydrogen-bond acceptors (Lipinski definition) is 6. The van der Waals surface area contributed by atoms with Crippen LogP contribution in [0.1, 0.15) is 22.3 Å². The predicted molar refractivity (Wildman–Crippen MR) is 95.3 cm³/mol. The van der Waals surface area contributed by atoms with Crippen molar-refractivity contribution in [2.75, 3.05) is 27.9 Å². The molecule has 0 aliphatic heterocycles. The standard InChI is InChI=1S/C19H21N3O4/c1-24-16-11-15(12-17(25-2)18(16)26-3)19(23)22(10-4-7-20)13-14-5-8-21-9-6-14/h5-6,8-9,11-12H,4,10,13H2,1-3H3. The number of ether oxygens (including phenoxy) is 3. The number of amides is 1. The van der Waals surface area contributed by atoms with Gasteiger partial charge in [-0.05, 0) is 29.8 Å². The SMILES string of the molecule is COc1cc(C(=O)N(CCC#N)Cc2ccncc2)cc(OC)c1OC. The number of carbonyl (C=O) groups excluding carboxylic acids is 1. The van der Waals surface area contributed by atoms with Gasteiger partial charge in [-0.2, -0.15) is 5.26 Å². The zero-order chi connectivity index (χ0) is 18.9. The van der Waals surface area contributed by atoms with E-state index < -0.39 is 0 Å². The van der Waals surface area contributed by atoms with E-state index in [4.69, 9.17) is 19.5 Å². The number of nitrogens with zero attached hydrogens (tertiary/aromatic N) is 3. The average Bonchev–Trinajstić information content (AvgIpc) is 2.70. The van der Waals surface area contributed by atoms with Crippen molar-refractivity contribution in [1.82, 2.24) is 9.88 Å². The van der Waals surface area contributed by atoms with Crippen LogP contribution in [0.25, 0.3) is 0 Å². The van der Waals surface area contributed by atoms with Gasteiger partial charge < -0.3 is 19.1 Å². The van der Waals surface area contributed by atoms with E-state index in [9.17, 15) is 4.79 Å². The van der Waals surface area contributed by atoms with Crippen molar-refractivity contribution in [2.24, 2.45) is 0 Å². The van der Waals surface area contributed by atoms with E-state index in [-0.39, 0.29) is 12.3 Å². The third-order valence-corrected chi connectivity index (χ3v) is 3.82. The summed E-state index contributed by atoms with van der Waals surface area (Å²) < 4.78 is 15.9. The summed E-state index contributed by atoms with van der Waals surface area (Å²) in [5.41, 5.74) is 1.32. The molecule has 1 amide bonds. The molecular formula is C19H21N3O4. The lowest BCUT2D eigenvalue weighted by molar-refractivity contribution is 0.0746. The molecule has 0 spiro atoms. The number of carbonyl (C=O) groups is 1. The molecule has 0 unspecified atom stereocenters. The Morgan fingerprint density at radius 3 is 2.23 bits per heavy atom. The third kappa shape index (κ3) is 4.42. The molecule has 0 fully saturated rings. The van der Waals surface area contributed by atoms with Gasteiger partial charge in [-0.1, -0.05) is 0 Å². The van der Waals surface area contributed by atoms with Crippen molar-refractivity contribution in [3.8, 4) is 23.3 Å². The molecule has 0 atom stereocenters. The molecule has 0 aliphatic rings. The zero-order valence-corrected chi connectivity index (χ0v) is 15.1. The van der Waals surface area contributed by atoms with Crippen LogP contribution in [0.5, 0.6) is 17.2 Å². The maximum atomic E-state index is 13.0. The molecule has 0 radical (unpaired) electrons. The van der Waals surface area contributed by atoms with Gasteiger partial charge in [0.25, 0.3) is 5.91 Å². The number of methoxy groups -OCH3 is 3. The van der Waals surface area contributed by atoms with E-state index in [1.807, 2.05) is 12.1 Å². The Morgan fingerprint density at radius 1 is 1.12 bits per heavy atom. The Kier molecular flexibility index (Phi) is 6.80. The molecule has 1 aromatic carbocycles. The molecule has 1 aromatic heterocycles. The van der Waals surface area contributed by atoms with Crippen LogP contribution in [0.2, 0.25) is 0 Å². The summed E-state index contributed by atoms with van der Waals surface area (Å²) in [5, 5.41) is 8.91. The van der Waals surface area contributed by atoms with Crippen LogP contribution < -0.4 is 14.2 Å². The van der Waals surface area contributed by atoms with Crippen LogP contribution in [0.3, 0.4) is 0 Å². The minimum absolute atomic E-state index is 0.226. The van der Waals surface area contributed by atoms with Crippen LogP contribution in [0, 0.1) is 11.3 Å². The Morgan fingerprint density at radius 2 is 1.73 bits per heavy atom. The lowest BCUT2D eigenvalue weighted by atomic mass is 10.1. The molecule has 0 aliphatic carbocycles. The van der Waals surface area contributed by atoms with E-state index in [1.54, 1.807) is 29.4 Å². The van der Waals surface area contributed by atoms with Gasteiger partial charge in [0.2, 0.25) is 5.75 Å². The van der Waals surface area contributed by atoms with Gasteiger partial charge in [0.05, 0.1) is 33.8 Å². The highest BCUT2D eigenvalue weighted by Gasteiger charge is 2.21. The fourth-order valence-electron chi connectivity index (χ4n) is 2.53. The summed E-state index contributed by atoms with van der Waals surface area (Å²) in [4.78, 5) is 18.6. The summed E-state index contributed by atoms with van der Waals surface area (Å²) in [5.74, 6) is 0.999. The summed E-state index contributed by atoms with van der Waals surface area (Å²) >= 11 is 0. The van der Waals surface area contributed by atoms with Crippen molar-refractivity contribution >= 4 is 5.91 Å². The molecular weight excluding hydrogens is 334 g/mol. The van der Waals surface area contributed by atoms with Crippen LogP contribution >= 0.6 is 0 Å². The van der Waals surface area contributed by atoms with Gasteiger partial charge in [-0.15, -0.1) is 0 Å². The third-order valence-electron chi connectivity index (χ3n) is 3.82. The molecule has 26 heavy (non-hydrogen) atoms. The quantitative estimate of drug-likeness (QED) is 0.724. The second-order valence-corrected chi connectivity index (χ2v) is 5.40. The minimum Gasteiger partial charge on any atom is -0.493 e. The van der Waals surface area contributed by atoms with Crippen LogP contribution in [-0.4, -0.2) is 43.7 Å². The van der Waals surface area contributed by atoms with E-state index in [0.29, 0.717) is 35.9 Å². The zero-order valence-electron chi connectivity index (χ0n) is 15.1. The number of nitriles is 1. The van der Waals surface area contributed by atoms with Crippen molar-refractivity contribution in [1.29, 1.82) is 5.26 Å². The van der Waals surface area contributed by atoms with Gasteiger partial charge in [0.15, 0.2) is 11.5 Å². The van der Waals surface area contributed by atoms with E-state index in [2.05, 4.69) is 11.1 Å². The fourth-order valence-corrected chi connectivity index (χ4v) is 2.53. The first-order chi connectivity index (χ1) is 12.6. The van der Waals surface area contributed by atoms with Crippen molar-refractivity contribution < 1.29 is 19.0 Å². The number of benzene rings is 1. The highest BCUT2D eigenvalue weighted by Crippen LogP contribution is 2.38. The Bertz CT molecular complexity index is 762. The maximum Gasteiger partial charge on any atom is 0.254 e. The van der Waals surface area contributed by atoms with Crippen LogP contribution in [0.15, 0.2) is 36.7 Å². The van der Waals surface area contributed by atoms with Gasteiger partial charge >= 0.3 is 0 Å². The Balaban J connectivity index is 2.36. The summed E-state index contributed by atoms with van der Waals surface area (Å²) in [6.07, 6.45) is 3.57. The monoisotopic (exact) mass is 355 g/mol. The largest absolute Gasteiger partial charge is 0.493 e. The van der Waals surface area contributed by atoms with E-state index >= 15 is 0 Å². The lowest BCUT2D eigenvalue weighted by Gasteiger charge is -2.23. The number of hydrogen-bond donors (Lipinski definition) is 0. The predicted octanol–water partition coefficient (Wildman–Crippen LogP) is 2.66.